The van der Waals surface area contributed by atoms with Crippen molar-refractivity contribution in [2.45, 2.75) is 31.7 Å². The molecule has 1 aromatic rings. The number of benzene rings is 1. The second-order valence-corrected chi connectivity index (χ2v) is 5.24. The van der Waals surface area contributed by atoms with Crippen molar-refractivity contribution in [3.8, 4) is 0 Å². The lowest BCUT2D eigenvalue weighted by Crippen LogP contribution is -2.48. The number of Topliss-reactive ketones (excluding diaryl/α,β-unsaturated/α-hetero) is 1. The van der Waals surface area contributed by atoms with E-state index in [2.05, 4.69) is 5.32 Å². The first-order valence-corrected chi connectivity index (χ1v) is 7.07. The van der Waals surface area contributed by atoms with Crippen LogP contribution in [0, 0.1) is 5.92 Å². The second kappa shape index (κ2) is 7.02. The zero-order chi connectivity index (χ0) is 15.2. The Balaban J connectivity index is 2.11. The van der Waals surface area contributed by atoms with Crippen LogP contribution in [0.15, 0.2) is 30.3 Å². The van der Waals surface area contributed by atoms with Crippen LogP contribution in [0.25, 0.3) is 0 Å². The predicted octanol–water partition coefficient (Wildman–Crippen LogP) is 1.72. The fourth-order valence-electron chi connectivity index (χ4n) is 2.65. The lowest BCUT2D eigenvalue weighted by molar-refractivity contribution is -0.145. The van der Waals surface area contributed by atoms with Gasteiger partial charge in [0.25, 0.3) is 5.91 Å². The summed E-state index contributed by atoms with van der Waals surface area (Å²) in [5.74, 6) is -0.886. The first kappa shape index (κ1) is 15.2. The summed E-state index contributed by atoms with van der Waals surface area (Å²) in [5.41, 5.74) is 0.480. The van der Waals surface area contributed by atoms with Crippen molar-refractivity contribution in [1.82, 2.24) is 5.32 Å². The molecule has 1 aliphatic rings. The number of carbonyl (C=O) groups excluding carboxylic acids is 3. The smallest absolute Gasteiger partial charge is 0.328 e. The molecule has 0 heterocycles. The third-order valence-corrected chi connectivity index (χ3v) is 3.77. The number of carbonyl (C=O) groups is 3. The van der Waals surface area contributed by atoms with E-state index in [4.69, 9.17) is 4.74 Å². The van der Waals surface area contributed by atoms with E-state index in [-0.39, 0.29) is 17.6 Å². The van der Waals surface area contributed by atoms with Gasteiger partial charge in [0.05, 0.1) is 7.11 Å². The average Bonchev–Trinajstić information content (AvgIpc) is 2.52. The summed E-state index contributed by atoms with van der Waals surface area (Å²) in [5, 5.41) is 2.71. The van der Waals surface area contributed by atoms with Gasteiger partial charge in [-0.15, -0.1) is 0 Å². The number of rotatable bonds is 4. The predicted molar refractivity (Wildman–Crippen MR) is 76.7 cm³/mol. The molecule has 1 N–H and O–H groups in total. The van der Waals surface area contributed by atoms with Crippen molar-refractivity contribution in [1.29, 1.82) is 0 Å². The molecule has 1 aromatic carbocycles. The molecule has 5 heteroatoms. The minimum Gasteiger partial charge on any atom is -0.467 e. The summed E-state index contributed by atoms with van der Waals surface area (Å²) >= 11 is 0. The van der Waals surface area contributed by atoms with Gasteiger partial charge < -0.3 is 10.1 Å². The molecule has 0 bridgehead atoms. The fourth-order valence-corrected chi connectivity index (χ4v) is 2.65. The van der Waals surface area contributed by atoms with E-state index in [0.29, 0.717) is 18.4 Å². The SMILES string of the molecule is COC(=O)[C@@H](NC(=O)c1ccccc1)[C@@H]1CCCC(=O)C1. The number of methoxy groups -OCH3 is 1. The zero-order valence-corrected chi connectivity index (χ0v) is 12.0. The van der Waals surface area contributed by atoms with Crippen molar-refractivity contribution in [3.05, 3.63) is 35.9 Å². The van der Waals surface area contributed by atoms with Crippen molar-refractivity contribution >= 4 is 17.7 Å². The average molecular weight is 289 g/mol. The monoisotopic (exact) mass is 289 g/mol. The summed E-state index contributed by atoms with van der Waals surface area (Å²) < 4.78 is 4.77. The van der Waals surface area contributed by atoms with Crippen molar-refractivity contribution < 1.29 is 19.1 Å². The van der Waals surface area contributed by atoms with Crippen LogP contribution in [0.5, 0.6) is 0 Å². The first-order valence-electron chi connectivity index (χ1n) is 7.07. The third kappa shape index (κ3) is 3.90. The maximum atomic E-state index is 12.2. The Bertz CT molecular complexity index is 526. The van der Waals surface area contributed by atoms with Crippen LogP contribution in [0.2, 0.25) is 0 Å². The largest absolute Gasteiger partial charge is 0.467 e. The molecule has 0 unspecified atom stereocenters. The van der Waals surface area contributed by atoms with Crippen molar-refractivity contribution in [2.75, 3.05) is 7.11 Å². The molecule has 2 atom stereocenters. The van der Waals surface area contributed by atoms with Crippen LogP contribution < -0.4 is 5.32 Å². The summed E-state index contributed by atoms with van der Waals surface area (Å²) in [7, 11) is 1.29. The highest BCUT2D eigenvalue weighted by Crippen LogP contribution is 2.25. The molecular formula is C16H19NO4. The molecule has 1 aliphatic carbocycles. The van der Waals surface area contributed by atoms with Gasteiger partial charge in [-0.05, 0) is 30.9 Å². The van der Waals surface area contributed by atoms with E-state index < -0.39 is 12.0 Å². The van der Waals surface area contributed by atoms with Crippen LogP contribution in [-0.2, 0) is 14.3 Å². The van der Waals surface area contributed by atoms with E-state index in [0.717, 1.165) is 12.8 Å². The molecule has 1 saturated carbocycles. The van der Waals surface area contributed by atoms with E-state index in [9.17, 15) is 14.4 Å². The number of hydrogen-bond donors (Lipinski definition) is 1. The van der Waals surface area contributed by atoms with Crippen LogP contribution in [0.3, 0.4) is 0 Å². The number of nitrogens with one attached hydrogen (secondary N) is 1. The fraction of sp³-hybridized carbons (Fsp3) is 0.438. The highest BCUT2D eigenvalue weighted by Gasteiger charge is 2.34. The van der Waals surface area contributed by atoms with Crippen LogP contribution in [-0.4, -0.2) is 30.8 Å². The Hall–Kier alpha value is -2.17. The lowest BCUT2D eigenvalue weighted by Gasteiger charge is -2.28. The van der Waals surface area contributed by atoms with E-state index in [1.54, 1.807) is 24.3 Å². The Labute approximate surface area is 123 Å². The van der Waals surface area contributed by atoms with Crippen LogP contribution >= 0.6 is 0 Å². The van der Waals surface area contributed by atoms with Crippen molar-refractivity contribution in [3.63, 3.8) is 0 Å². The summed E-state index contributed by atoms with van der Waals surface area (Å²) in [6.07, 6.45) is 2.35. The quantitative estimate of drug-likeness (QED) is 0.857. The molecule has 1 fully saturated rings. The Morgan fingerprint density at radius 1 is 1.29 bits per heavy atom. The van der Waals surface area contributed by atoms with Gasteiger partial charge in [-0.3, -0.25) is 9.59 Å². The van der Waals surface area contributed by atoms with Crippen LogP contribution in [0.4, 0.5) is 0 Å². The molecule has 21 heavy (non-hydrogen) atoms. The minimum atomic E-state index is -0.771. The molecule has 5 nitrogen and oxygen atoms in total. The Kier molecular flexibility index (Phi) is 5.09. The highest BCUT2D eigenvalue weighted by atomic mass is 16.5. The number of ketones is 1. The molecule has 112 valence electrons. The topological polar surface area (TPSA) is 72.5 Å². The Morgan fingerprint density at radius 3 is 2.62 bits per heavy atom. The van der Waals surface area contributed by atoms with Gasteiger partial charge in [-0.2, -0.15) is 0 Å². The van der Waals surface area contributed by atoms with Crippen LogP contribution in [0.1, 0.15) is 36.0 Å². The molecule has 1 amide bonds. The molecule has 0 aliphatic heterocycles. The van der Waals surface area contributed by atoms with Gasteiger partial charge in [0, 0.05) is 18.4 Å². The number of ether oxygens (including phenoxy) is 1. The molecule has 0 saturated heterocycles. The lowest BCUT2D eigenvalue weighted by atomic mass is 9.83. The molecule has 0 radical (unpaired) electrons. The third-order valence-electron chi connectivity index (χ3n) is 3.77. The van der Waals surface area contributed by atoms with Gasteiger partial charge in [-0.25, -0.2) is 4.79 Å². The number of amides is 1. The van der Waals surface area contributed by atoms with Gasteiger partial charge >= 0.3 is 5.97 Å². The van der Waals surface area contributed by atoms with Gasteiger partial charge in [-0.1, -0.05) is 18.2 Å². The summed E-state index contributed by atoms with van der Waals surface area (Å²) in [4.78, 5) is 35.7. The second-order valence-electron chi connectivity index (χ2n) is 5.24. The highest BCUT2D eigenvalue weighted by molar-refractivity contribution is 5.97. The molecular weight excluding hydrogens is 270 g/mol. The molecule has 0 spiro atoms. The van der Waals surface area contributed by atoms with Gasteiger partial charge in [0.2, 0.25) is 0 Å². The first-order chi connectivity index (χ1) is 10.1. The number of hydrogen-bond acceptors (Lipinski definition) is 4. The minimum absolute atomic E-state index is 0.133. The normalized spacial score (nSPS) is 19.7. The van der Waals surface area contributed by atoms with E-state index in [1.807, 2.05) is 6.07 Å². The Morgan fingerprint density at radius 2 is 2.00 bits per heavy atom. The maximum Gasteiger partial charge on any atom is 0.328 e. The standard InChI is InChI=1S/C16H19NO4/c1-21-16(20)14(12-8-5-9-13(18)10-12)17-15(19)11-6-3-2-4-7-11/h2-4,6-7,12,14H,5,8-10H2,1H3,(H,17,19)/t12-,14+/m1/s1. The van der Waals surface area contributed by atoms with E-state index >= 15 is 0 Å². The van der Waals surface area contributed by atoms with Gasteiger partial charge in [0.15, 0.2) is 0 Å². The number of esters is 1. The molecule has 0 aromatic heterocycles. The summed E-state index contributed by atoms with van der Waals surface area (Å²) in [6.45, 7) is 0. The maximum absolute atomic E-state index is 12.2. The van der Waals surface area contributed by atoms with E-state index in [1.165, 1.54) is 7.11 Å². The van der Waals surface area contributed by atoms with Gasteiger partial charge in [0.1, 0.15) is 11.8 Å². The zero-order valence-electron chi connectivity index (χ0n) is 12.0. The summed E-state index contributed by atoms with van der Waals surface area (Å²) in [6, 6.07) is 7.91. The molecule has 2 rings (SSSR count). The van der Waals surface area contributed by atoms with Crippen molar-refractivity contribution in [2.24, 2.45) is 5.92 Å².